The summed E-state index contributed by atoms with van der Waals surface area (Å²) < 4.78 is 5.71. The summed E-state index contributed by atoms with van der Waals surface area (Å²) in [5.74, 6) is 1.23. The zero-order valence-electron chi connectivity index (χ0n) is 13.7. The number of Topliss-reactive ketones (excluding diaryl/α,β-unsaturated/α-hetero) is 1. The molecule has 0 bridgehead atoms. The summed E-state index contributed by atoms with van der Waals surface area (Å²) >= 11 is 0. The zero-order valence-corrected chi connectivity index (χ0v) is 13.7. The van der Waals surface area contributed by atoms with Gasteiger partial charge in [0.25, 0.3) is 0 Å². The lowest BCUT2D eigenvalue weighted by Crippen LogP contribution is -2.16. The maximum absolute atomic E-state index is 12.3. The van der Waals surface area contributed by atoms with Crippen molar-refractivity contribution in [3.8, 4) is 11.8 Å². The fourth-order valence-electron chi connectivity index (χ4n) is 2.12. The average Bonchev–Trinajstić information content (AvgIpc) is 2.59. The zero-order chi connectivity index (χ0) is 16.8. The largest absolute Gasteiger partial charge is 0.489 e. The van der Waals surface area contributed by atoms with Crippen LogP contribution in [0.2, 0.25) is 0 Å². The molecule has 2 aromatic rings. The van der Waals surface area contributed by atoms with Crippen LogP contribution in [0.3, 0.4) is 0 Å². The summed E-state index contributed by atoms with van der Waals surface area (Å²) in [5.41, 5.74) is 2.35. The van der Waals surface area contributed by atoms with Crippen molar-refractivity contribution in [2.24, 2.45) is 11.8 Å². The van der Waals surface area contributed by atoms with E-state index in [0.717, 1.165) is 16.9 Å². The first-order valence-corrected chi connectivity index (χ1v) is 7.77. The molecule has 2 rings (SSSR count). The molecule has 2 aromatic carbocycles. The lowest BCUT2D eigenvalue weighted by molar-refractivity contribution is 0.0899. The molecule has 0 spiro atoms. The maximum Gasteiger partial charge on any atom is 0.165 e. The number of benzene rings is 2. The molecule has 23 heavy (non-hydrogen) atoms. The Hall–Kier alpha value is -2.60. The van der Waals surface area contributed by atoms with Crippen molar-refractivity contribution in [2.45, 2.75) is 27.4 Å². The van der Waals surface area contributed by atoms with Gasteiger partial charge in [-0.25, -0.2) is 0 Å². The number of carbonyl (C=O) groups is 1. The van der Waals surface area contributed by atoms with Crippen LogP contribution >= 0.6 is 0 Å². The highest BCUT2D eigenvalue weighted by Gasteiger charge is 2.18. The van der Waals surface area contributed by atoms with Gasteiger partial charge in [-0.3, -0.25) is 4.79 Å². The van der Waals surface area contributed by atoms with Gasteiger partial charge in [0.2, 0.25) is 0 Å². The topological polar surface area (TPSA) is 50.1 Å². The number of rotatable bonds is 6. The third kappa shape index (κ3) is 4.43. The van der Waals surface area contributed by atoms with Gasteiger partial charge in [0, 0.05) is 11.5 Å². The predicted molar refractivity (Wildman–Crippen MR) is 90.3 cm³/mol. The Bertz CT molecular complexity index is 694. The number of nitrogens with zero attached hydrogens (tertiary/aromatic N) is 1. The minimum atomic E-state index is 0.0143. The second kappa shape index (κ2) is 7.60. The van der Waals surface area contributed by atoms with Crippen LogP contribution in [-0.4, -0.2) is 5.78 Å². The van der Waals surface area contributed by atoms with Crippen molar-refractivity contribution in [2.75, 3.05) is 0 Å². The highest BCUT2D eigenvalue weighted by Crippen LogP contribution is 2.20. The van der Waals surface area contributed by atoms with Crippen LogP contribution in [0.15, 0.2) is 48.5 Å². The fraction of sp³-hybridized carbons (Fsp3) is 0.300. The molecular formula is C20H21NO2. The molecule has 118 valence electrons. The van der Waals surface area contributed by atoms with Gasteiger partial charge in [0.15, 0.2) is 5.78 Å². The van der Waals surface area contributed by atoms with E-state index in [0.29, 0.717) is 18.1 Å². The van der Waals surface area contributed by atoms with E-state index in [-0.39, 0.29) is 11.7 Å². The lowest BCUT2D eigenvalue weighted by Gasteiger charge is -2.14. The van der Waals surface area contributed by atoms with Gasteiger partial charge in [0.1, 0.15) is 12.4 Å². The fourth-order valence-corrected chi connectivity index (χ4v) is 2.12. The van der Waals surface area contributed by atoms with Crippen LogP contribution in [-0.2, 0) is 6.61 Å². The summed E-state index contributed by atoms with van der Waals surface area (Å²) in [4.78, 5) is 12.3. The van der Waals surface area contributed by atoms with E-state index < -0.39 is 0 Å². The van der Waals surface area contributed by atoms with Gasteiger partial charge in [0.05, 0.1) is 11.6 Å². The highest BCUT2D eigenvalue weighted by atomic mass is 16.5. The number of ketones is 1. The second-order valence-electron chi connectivity index (χ2n) is 6.02. The van der Waals surface area contributed by atoms with E-state index in [9.17, 15) is 4.79 Å². The van der Waals surface area contributed by atoms with E-state index in [1.165, 1.54) is 0 Å². The maximum atomic E-state index is 12.3. The molecule has 0 heterocycles. The average molecular weight is 307 g/mol. The van der Waals surface area contributed by atoms with Crippen LogP contribution in [0.1, 0.15) is 42.3 Å². The first kappa shape index (κ1) is 16.8. The molecule has 0 amide bonds. The summed E-state index contributed by atoms with van der Waals surface area (Å²) in [6.07, 6.45) is 0. The number of ether oxygens (including phenoxy) is 1. The summed E-state index contributed by atoms with van der Waals surface area (Å²) in [7, 11) is 0. The smallest absolute Gasteiger partial charge is 0.165 e. The lowest BCUT2D eigenvalue weighted by atomic mass is 9.90. The highest BCUT2D eigenvalue weighted by molar-refractivity contribution is 5.97. The molecule has 0 fully saturated rings. The van der Waals surface area contributed by atoms with Crippen LogP contribution in [0.5, 0.6) is 5.75 Å². The number of carbonyl (C=O) groups excluding carboxylic acids is 1. The summed E-state index contributed by atoms with van der Waals surface area (Å²) in [6, 6.07) is 16.7. The van der Waals surface area contributed by atoms with Crippen molar-refractivity contribution in [3.05, 3.63) is 65.2 Å². The van der Waals surface area contributed by atoms with E-state index in [4.69, 9.17) is 10.00 Å². The monoisotopic (exact) mass is 307 g/mol. The van der Waals surface area contributed by atoms with E-state index >= 15 is 0 Å². The Balaban J connectivity index is 1.97. The van der Waals surface area contributed by atoms with Gasteiger partial charge in [-0.2, -0.15) is 5.26 Å². The first-order chi connectivity index (χ1) is 11.0. The SMILES string of the molecule is CC(C)C(C)C(=O)c1ccc(OCc2ccc(C#N)cc2)cc1. The van der Waals surface area contributed by atoms with Crippen LogP contribution < -0.4 is 4.74 Å². The Morgan fingerprint density at radius 3 is 2.17 bits per heavy atom. The Labute approximate surface area is 137 Å². The van der Waals surface area contributed by atoms with Crippen molar-refractivity contribution in [1.82, 2.24) is 0 Å². The predicted octanol–water partition coefficient (Wildman–Crippen LogP) is 4.61. The second-order valence-corrected chi connectivity index (χ2v) is 6.02. The number of nitriles is 1. The van der Waals surface area contributed by atoms with Crippen LogP contribution in [0.25, 0.3) is 0 Å². The molecule has 0 aliphatic carbocycles. The molecule has 0 N–H and O–H groups in total. The van der Waals surface area contributed by atoms with Gasteiger partial charge in [-0.05, 0) is 47.9 Å². The van der Waals surface area contributed by atoms with Crippen molar-refractivity contribution >= 4 is 5.78 Å². The molecule has 1 atom stereocenters. The third-order valence-electron chi connectivity index (χ3n) is 4.04. The molecule has 0 aliphatic heterocycles. The van der Waals surface area contributed by atoms with Crippen molar-refractivity contribution < 1.29 is 9.53 Å². The molecular weight excluding hydrogens is 286 g/mol. The quantitative estimate of drug-likeness (QED) is 0.732. The molecule has 3 nitrogen and oxygen atoms in total. The summed E-state index contributed by atoms with van der Waals surface area (Å²) in [6.45, 7) is 6.50. The van der Waals surface area contributed by atoms with Gasteiger partial charge in [-0.1, -0.05) is 32.9 Å². The Morgan fingerprint density at radius 2 is 1.65 bits per heavy atom. The molecule has 0 saturated heterocycles. The van der Waals surface area contributed by atoms with E-state index in [1.807, 2.05) is 43.3 Å². The summed E-state index contributed by atoms with van der Waals surface area (Å²) in [5, 5.41) is 8.77. The minimum Gasteiger partial charge on any atom is -0.489 e. The van der Waals surface area contributed by atoms with E-state index in [2.05, 4.69) is 19.9 Å². The van der Waals surface area contributed by atoms with Gasteiger partial charge in [-0.15, -0.1) is 0 Å². The number of hydrogen-bond donors (Lipinski definition) is 0. The minimum absolute atomic E-state index is 0.0143. The van der Waals surface area contributed by atoms with E-state index in [1.54, 1.807) is 12.1 Å². The van der Waals surface area contributed by atoms with Crippen molar-refractivity contribution in [1.29, 1.82) is 5.26 Å². The molecule has 1 unspecified atom stereocenters. The third-order valence-corrected chi connectivity index (χ3v) is 4.04. The first-order valence-electron chi connectivity index (χ1n) is 7.77. The molecule has 0 radical (unpaired) electrons. The Morgan fingerprint density at radius 1 is 1.04 bits per heavy atom. The molecule has 3 heteroatoms. The normalized spacial score (nSPS) is 11.8. The van der Waals surface area contributed by atoms with Crippen LogP contribution in [0.4, 0.5) is 0 Å². The van der Waals surface area contributed by atoms with Gasteiger partial charge >= 0.3 is 0 Å². The Kier molecular flexibility index (Phi) is 5.54. The molecule has 0 saturated carbocycles. The number of hydrogen-bond acceptors (Lipinski definition) is 3. The molecule has 0 aromatic heterocycles. The van der Waals surface area contributed by atoms with Crippen LogP contribution in [0, 0.1) is 23.2 Å². The standard InChI is InChI=1S/C20H21NO2/c1-14(2)15(3)20(22)18-8-10-19(11-9-18)23-13-17-6-4-16(12-21)5-7-17/h4-11,14-15H,13H2,1-3H3. The molecule has 0 aliphatic rings. The van der Waals surface area contributed by atoms with Crippen molar-refractivity contribution in [3.63, 3.8) is 0 Å². The van der Waals surface area contributed by atoms with Gasteiger partial charge < -0.3 is 4.74 Å².